The van der Waals surface area contributed by atoms with E-state index in [2.05, 4.69) is 6.92 Å². The fourth-order valence-corrected chi connectivity index (χ4v) is 2.23. The molecular weight excluding hydrogens is 230 g/mol. The van der Waals surface area contributed by atoms with Gasteiger partial charge in [-0.1, -0.05) is 6.92 Å². The smallest absolute Gasteiger partial charge is 0.270 e. The predicted molar refractivity (Wildman–Crippen MR) is 66.5 cm³/mol. The van der Waals surface area contributed by atoms with Crippen LogP contribution in [0.4, 0.5) is 0 Å². The summed E-state index contributed by atoms with van der Waals surface area (Å²) in [6, 6.07) is 3.92. The summed E-state index contributed by atoms with van der Waals surface area (Å²) in [6.45, 7) is 3.52. The average molecular weight is 247 g/mol. The van der Waals surface area contributed by atoms with Gasteiger partial charge in [-0.25, -0.2) is 5.06 Å². The summed E-state index contributed by atoms with van der Waals surface area (Å²) in [5, 5.41) is 1.39. The van der Waals surface area contributed by atoms with Gasteiger partial charge in [-0.3, -0.25) is 9.63 Å². The molecule has 0 bridgehead atoms. The van der Waals surface area contributed by atoms with Crippen molar-refractivity contribution in [1.82, 2.24) is 5.06 Å². The Kier molecular flexibility index (Phi) is 2.96. The molecule has 0 aromatic carbocycles. The molecule has 0 spiro atoms. The monoisotopic (exact) mass is 247 g/mol. The Morgan fingerprint density at radius 3 is 3.00 bits per heavy atom. The zero-order valence-corrected chi connectivity index (χ0v) is 10.5. The molecule has 2 aliphatic rings. The number of carbonyl (C=O) groups excluding carboxylic acids is 1. The molecule has 2 unspecified atom stereocenters. The first-order valence-electron chi connectivity index (χ1n) is 6.46. The molecule has 1 aromatic rings. The van der Waals surface area contributed by atoms with Crippen LogP contribution in [0.5, 0.6) is 0 Å². The third-order valence-electron chi connectivity index (χ3n) is 3.51. The van der Waals surface area contributed by atoms with Crippen molar-refractivity contribution in [3.05, 3.63) is 29.7 Å². The molecule has 0 N–H and O–H groups in total. The van der Waals surface area contributed by atoms with Gasteiger partial charge in [0.1, 0.15) is 11.5 Å². The highest BCUT2D eigenvalue weighted by Crippen LogP contribution is 2.47. The first kappa shape index (κ1) is 11.5. The predicted octanol–water partition coefficient (Wildman–Crippen LogP) is 2.58. The van der Waals surface area contributed by atoms with E-state index in [4.69, 9.17) is 9.25 Å². The number of hydroxylamine groups is 2. The molecule has 18 heavy (non-hydrogen) atoms. The number of nitrogens with zero attached hydrogens (tertiary/aromatic N) is 1. The molecule has 1 saturated heterocycles. The zero-order chi connectivity index (χ0) is 12.5. The highest BCUT2D eigenvalue weighted by Gasteiger charge is 2.36. The molecule has 2 heterocycles. The molecule has 4 heteroatoms. The Bertz CT molecular complexity index is 471. The van der Waals surface area contributed by atoms with E-state index in [0.717, 1.165) is 23.9 Å². The summed E-state index contributed by atoms with van der Waals surface area (Å²) < 4.78 is 5.69. The second-order valence-electron chi connectivity index (χ2n) is 5.02. The first-order valence-corrected chi connectivity index (χ1v) is 6.46. The van der Waals surface area contributed by atoms with E-state index < -0.39 is 0 Å². The van der Waals surface area contributed by atoms with E-state index in [1.54, 1.807) is 6.08 Å². The van der Waals surface area contributed by atoms with E-state index in [1.165, 1.54) is 17.6 Å². The first-order chi connectivity index (χ1) is 8.74. The summed E-state index contributed by atoms with van der Waals surface area (Å²) >= 11 is 0. The van der Waals surface area contributed by atoms with Gasteiger partial charge in [-0.05, 0) is 37.0 Å². The Morgan fingerprint density at radius 1 is 1.50 bits per heavy atom. The van der Waals surface area contributed by atoms with Crippen molar-refractivity contribution in [1.29, 1.82) is 0 Å². The van der Waals surface area contributed by atoms with Crippen LogP contribution in [0, 0.1) is 5.92 Å². The topological polar surface area (TPSA) is 42.7 Å². The van der Waals surface area contributed by atoms with Crippen molar-refractivity contribution >= 4 is 12.0 Å². The van der Waals surface area contributed by atoms with E-state index in [1.807, 2.05) is 12.1 Å². The van der Waals surface area contributed by atoms with Gasteiger partial charge in [-0.2, -0.15) is 0 Å². The summed E-state index contributed by atoms with van der Waals surface area (Å²) in [6.07, 6.45) is 5.33. The van der Waals surface area contributed by atoms with Crippen molar-refractivity contribution in [2.24, 2.45) is 5.92 Å². The van der Waals surface area contributed by atoms with Crippen molar-refractivity contribution in [2.75, 3.05) is 13.2 Å². The second kappa shape index (κ2) is 4.61. The van der Waals surface area contributed by atoms with Crippen molar-refractivity contribution in [2.45, 2.75) is 25.7 Å². The van der Waals surface area contributed by atoms with Crippen molar-refractivity contribution < 1.29 is 14.0 Å². The number of hydrogen-bond acceptors (Lipinski definition) is 3. The lowest BCUT2D eigenvalue weighted by molar-refractivity contribution is -0.162. The lowest BCUT2D eigenvalue weighted by Crippen LogP contribution is -2.24. The molecule has 2 fully saturated rings. The minimum Gasteiger partial charge on any atom is -0.461 e. The van der Waals surface area contributed by atoms with Crippen LogP contribution in [-0.2, 0) is 9.63 Å². The Balaban J connectivity index is 1.61. The van der Waals surface area contributed by atoms with Crippen LogP contribution >= 0.6 is 0 Å². The van der Waals surface area contributed by atoms with Crippen LogP contribution in [0.2, 0.25) is 0 Å². The van der Waals surface area contributed by atoms with Crippen LogP contribution < -0.4 is 0 Å². The molecular formula is C14H17NO3. The standard InChI is InChI=1S/C14H17NO3/c1-10-9-12(10)13-5-3-11(18-13)4-6-14(16)15-7-2-8-17-15/h3-6,10,12H,2,7-9H2,1H3/b6-4+. The quantitative estimate of drug-likeness (QED) is 0.771. The molecule has 1 aromatic heterocycles. The van der Waals surface area contributed by atoms with Crippen LogP contribution in [0.25, 0.3) is 6.08 Å². The van der Waals surface area contributed by atoms with Gasteiger partial charge in [0.25, 0.3) is 5.91 Å². The highest BCUT2D eigenvalue weighted by atomic mass is 16.7. The fraction of sp³-hybridized carbons (Fsp3) is 0.500. The maximum atomic E-state index is 11.7. The Morgan fingerprint density at radius 2 is 2.33 bits per heavy atom. The number of carbonyl (C=O) groups is 1. The molecule has 2 atom stereocenters. The number of hydrogen-bond donors (Lipinski definition) is 0. The number of amides is 1. The van der Waals surface area contributed by atoms with Gasteiger partial charge in [0.15, 0.2) is 0 Å². The van der Waals surface area contributed by atoms with E-state index in [-0.39, 0.29) is 5.91 Å². The molecule has 96 valence electrons. The van der Waals surface area contributed by atoms with E-state index in [9.17, 15) is 4.79 Å². The van der Waals surface area contributed by atoms with Gasteiger partial charge >= 0.3 is 0 Å². The van der Waals surface area contributed by atoms with Crippen LogP contribution in [0.15, 0.2) is 22.6 Å². The summed E-state index contributed by atoms with van der Waals surface area (Å²) in [5.74, 6) is 2.95. The summed E-state index contributed by atoms with van der Waals surface area (Å²) in [7, 11) is 0. The van der Waals surface area contributed by atoms with Gasteiger partial charge in [0.2, 0.25) is 0 Å². The molecule has 1 aliphatic heterocycles. The second-order valence-corrected chi connectivity index (χ2v) is 5.02. The molecule has 1 amide bonds. The van der Waals surface area contributed by atoms with Gasteiger partial charge < -0.3 is 4.42 Å². The van der Waals surface area contributed by atoms with Crippen molar-refractivity contribution in [3.8, 4) is 0 Å². The van der Waals surface area contributed by atoms with Gasteiger partial charge in [0, 0.05) is 12.0 Å². The normalized spacial score (nSPS) is 27.1. The maximum absolute atomic E-state index is 11.7. The summed E-state index contributed by atoms with van der Waals surface area (Å²) in [4.78, 5) is 16.9. The van der Waals surface area contributed by atoms with Gasteiger partial charge in [-0.15, -0.1) is 0 Å². The minimum absolute atomic E-state index is 0.120. The molecule has 1 aliphatic carbocycles. The molecule has 3 rings (SSSR count). The van der Waals surface area contributed by atoms with E-state index in [0.29, 0.717) is 19.1 Å². The number of furan rings is 1. The number of rotatable bonds is 3. The molecule has 0 radical (unpaired) electrons. The summed E-state index contributed by atoms with van der Waals surface area (Å²) in [5.41, 5.74) is 0. The van der Waals surface area contributed by atoms with Crippen molar-refractivity contribution in [3.63, 3.8) is 0 Å². The lowest BCUT2D eigenvalue weighted by Gasteiger charge is -2.09. The fourth-order valence-electron chi connectivity index (χ4n) is 2.23. The van der Waals surface area contributed by atoms with Crippen LogP contribution in [0.1, 0.15) is 37.2 Å². The third kappa shape index (κ3) is 2.34. The Labute approximate surface area is 106 Å². The van der Waals surface area contributed by atoms with Crippen LogP contribution in [-0.4, -0.2) is 24.1 Å². The van der Waals surface area contributed by atoms with Crippen LogP contribution in [0.3, 0.4) is 0 Å². The molecule has 1 saturated carbocycles. The third-order valence-corrected chi connectivity index (χ3v) is 3.51. The highest BCUT2D eigenvalue weighted by molar-refractivity contribution is 5.90. The lowest BCUT2D eigenvalue weighted by atomic mass is 10.3. The largest absolute Gasteiger partial charge is 0.461 e. The van der Waals surface area contributed by atoms with Gasteiger partial charge in [0.05, 0.1) is 13.2 Å². The Hall–Kier alpha value is -1.55. The molecule has 4 nitrogen and oxygen atoms in total. The van der Waals surface area contributed by atoms with E-state index >= 15 is 0 Å². The zero-order valence-electron chi connectivity index (χ0n) is 10.5. The minimum atomic E-state index is -0.120. The maximum Gasteiger partial charge on any atom is 0.270 e. The average Bonchev–Trinajstić information content (AvgIpc) is 2.87. The SMILES string of the molecule is CC1CC1c1ccc(/C=C/C(=O)N2CCCO2)o1.